The smallest absolute Gasteiger partial charge is 0.409 e. The van der Waals surface area contributed by atoms with Crippen LogP contribution in [0.1, 0.15) is 128 Å². The van der Waals surface area contributed by atoms with E-state index in [1.54, 1.807) is 48.5 Å². The molecular weight excluding hydrogens is 901 g/mol. The Labute approximate surface area is 404 Å². The van der Waals surface area contributed by atoms with Crippen molar-refractivity contribution in [3.05, 3.63) is 152 Å². The largest absolute Gasteiger partial charge is 0.530 e. The summed E-state index contributed by atoms with van der Waals surface area (Å²) in [4.78, 5) is 0. The summed E-state index contributed by atoms with van der Waals surface area (Å²) in [6, 6.07) is 32.0. The highest BCUT2D eigenvalue weighted by Gasteiger charge is 2.33. The van der Waals surface area contributed by atoms with E-state index >= 15 is 0 Å². The second-order valence-corrected chi connectivity index (χ2v) is 24.5. The molecule has 1 heterocycles. The van der Waals surface area contributed by atoms with Crippen LogP contribution in [0.25, 0.3) is 33.1 Å². The Morgan fingerprint density at radius 3 is 1.14 bits per heavy atom. The summed E-state index contributed by atoms with van der Waals surface area (Å²) >= 11 is 12.6. The van der Waals surface area contributed by atoms with Crippen LogP contribution in [0, 0.1) is 27.7 Å². The maximum Gasteiger partial charge on any atom is 0.530 e. The molecule has 348 valence electrons. The van der Waals surface area contributed by atoms with E-state index in [0.29, 0.717) is 33.0 Å². The minimum Gasteiger partial charge on any atom is -0.409 e. The number of benzene rings is 6. The van der Waals surface area contributed by atoms with Gasteiger partial charge in [-0.3, -0.25) is 0 Å². The third-order valence-electron chi connectivity index (χ3n) is 11.4. The van der Waals surface area contributed by atoms with Crippen molar-refractivity contribution in [3.63, 3.8) is 0 Å². The van der Waals surface area contributed by atoms with Crippen LogP contribution in [0.4, 0.5) is 0 Å². The maximum atomic E-state index is 7.46. The number of halogens is 2. The monoisotopic (exact) mass is 964 g/mol. The van der Waals surface area contributed by atoms with Gasteiger partial charge in [-0.25, -0.2) is 0 Å². The lowest BCUT2D eigenvalue weighted by Crippen LogP contribution is -2.16. The molecule has 0 atom stereocenters. The summed E-state index contributed by atoms with van der Waals surface area (Å²) in [6.07, 6.45) is 0. The zero-order chi connectivity index (χ0) is 48.3. The van der Waals surface area contributed by atoms with Gasteiger partial charge >= 0.3 is 16.8 Å². The van der Waals surface area contributed by atoms with Crippen LogP contribution in [-0.4, -0.2) is 0 Å². The molecule has 0 aliphatic carbocycles. The average Bonchev–Trinajstić information content (AvgIpc) is 3.34. The van der Waals surface area contributed by atoms with Gasteiger partial charge in [-0.15, -0.1) is 0 Å². The molecule has 0 N–H and O–H groups in total. The molecule has 0 amide bonds. The summed E-state index contributed by atoms with van der Waals surface area (Å²) in [5.41, 5.74) is 10.5. The third kappa shape index (κ3) is 11.1. The standard InChI is InChI=1S/C56H64Cl2O6P2/c1-33-25-41(49(45(29-33)53(5,6)7)61-65(59-39-21-17-37(57)18-22-39)60-40-23-19-38(58)20-24-40)42-26-34(2)30-46(54(8,9)10)50(42)62-66-63-51-43(27-35(3)31-47(51)55(11,12)13)44-28-36(4)32-48(52(44)64-66)56(14,15)16/h17-32H,1-16H3. The van der Waals surface area contributed by atoms with E-state index in [0.717, 1.165) is 77.6 Å². The van der Waals surface area contributed by atoms with Crippen molar-refractivity contribution in [3.8, 4) is 34.1 Å². The van der Waals surface area contributed by atoms with E-state index in [2.05, 4.69) is 159 Å². The number of hydrogen-bond donors (Lipinski definition) is 0. The van der Waals surface area contributed by atoms with Crippen molar-refractivity contribution in [2.24, 2.45) is 0 Å². The molecule has 0 radical (unpaired) electrons. The predicted octanol–water partition coefficient (Wildman–Crippen LogP) is 19.3. The van der Waals surface area contributed by atoms with E-state index < -0.39 is 16.8 Å². The van der Waals surface area contributed by atoms with E-state index in [-0.39, 0.29) is 21.7 Å². The molecule has 0 unspecified atom stereocenters. The highest BCUT2D eigenvalue weighted by molar-refractivity contribution is 7.43. The summed E-state index contributed by atoms with van der Waals surface area (Å²) in [7, 11) is -4.24. The van der Waals surface area contributed by atoms with Gasteiger partial charge in [0, 0.05) is 54.2 Å². The number of rotatable bonds is 9. The SMILES string of the molecule is Cc1cc(-c2cc(C)cc(C(C)(C)C)c2Op2oc3c(C(C)(C)C)cc(C)cc3c3cc(C)cc(C(C)(C)C)c3o2)c(OP(Oc2ccc(Cl)cc2)Oc2ccc(Cl)cc2)c(C(C)(C)C)c1. The normalized spacial score (nSPS) is 12.5. The van der Waals surface area contributed by atoms with Crippen molar-refractivity contribution in [1.29, 1.82) is 0 Å². The van der Waals surface area contributed by atoms with Crippen LogP contribution in [0.3, 0.4) is 0 Å². The van der Waals surface area contributed by atoms with Crippen molar-refractivity contribution in [2.45, 2.75) is 132 Å². The van der Waals surface area contributed by atoms with Crippen LogP contribution in [0.2, 0.25) is 10.0 Å². The van der Waals surface area contributed by atoms with Gasteiger partial charge in [-0.05, 0) is 144 Å². The van der Waals surface area contributed by atoms with Crippen LogP contribution in [-0.2, 0) is 21.7 Å². The lowest BCUT2D eigenvalue weighted by molar-refractivity contribution is 0.383. The molecule has 0 bridgehead atoms. The van der Waals surface area contributed by atoms with E-state index in [4.69, 9.17) is 49.7 Å². The van der Waals surface area contributed by atoms with Gasteiger partial charge in [-0.1, -0.05) is 131 Å². The van der Waals surface area contributed by atoms with E-state index in [1.165, 1.54) is 0 Å². The Balaban J connectivity index is 1.55. The molecule has 6 nitrogen and oxygen atoms in total. The molecule has 0 saturated carbocycles. The fourth-order valence-electron chi connectivity index (χ4n) is 8.09. The second kappa shape index (κ2) is 18.5. The van der Waals surface area contributed by atoms with Gasteiger partial charge in [0.25, 0.3) is 0 Å². The van der Waals surface area contributed by atoms with Crippen LogP contribution in [0.15, 0.2) is 105 Å². The molecule has 7 rings (SSSR count). The lowest BCUT2D eigenvalue weighted by Gasteiger charge is -2.29. The van der Waals surface area contributed by atoms with Crippen molar-refractivity contribution in [2.75, 3.05) is 0 Å². The minimum atomic E-state index is -2.12. The fraction of sp³-hybridized carbons (Fsp3) is 0.357. The molecule has 1 aromatic heterocycles. The highest BCUT2D eigenvalue weighted by atomic mass is 35.5. The maximum absolute atomic E-state index is 7.46. The molecule has 0 spiro atoms. The number of hydrogen-bond acceptors (Lipinski definition) is 6. The van der Waals surface area contributed by atoms with Gasteiger partial charge < -0.3 is 26.5 Å². The Morgan fingerprint density at radius 2 is 0.758 bits per heavy atom. The van der Waals surface area contributed by atoms with E-state index in [1.807, 2.05) is 0 Å². The highest BCUT2D eigenvalue weighted by Crippen LogP contribution is 2.54. The zero-order valence-electron chi connectivity index (χ0n) is 41.3. The van der Waals surface area contributed by atoms with Gasteiger partial charge in [-0.2, -0.15) is 0 Å². The summed E-state index contributed by atoms with van der Waals surface area (Å²) in [5, 5.41) is 3.18. The quantitative estimate of drug-likeness (QED) is 0.134. The van der Waals surface area contributed by atoms with Gasteiger partial charge in [0.1, 0.15) is 34.2 Å². The molecule has 0 aliphatic rings. The molecule has 7 aromatic rings. The van der Waals surface area contributed by atoms with Crippen molar-refractivity contribution >= 4 is 62.0 Å². The molecule has 10 heteroatoms. The molecule has 0 fully saturated rings. The third-order valence-corrected chi connectivity index (χ3v) is 13.9. The first-order valence-corrected chi connectivity index (χ1v) is 25.4. The Kier molecular flexibility index (Phi) is 13.8. The number of aryl methyl sites for hydroxylation is 4. The first kappa shape index (κ1) is 49.3. The topological polar surface area (TPSA) is 63.2 Å². The molecule has 0 saturated heterocycles. The zero-order valence-corrected chi connectivity index (χ0v) is 44.6. The molecule has 0 aliphatic heterocycles. The summed E-state index contributed by atoms with van der Waals surface area (Å²) in [5.74, 6) is 2.34. The number of fused-ring (bicyclic) bond motifs is 3. The van der Waals surface area contributed by atoms with Gasteiger partial charge in [0.15, 0.2) is 0 Å². The van der Waals surface area contributed by atoms with Crippen LogP contribution >= 0.6 is 40.0 Å². The van der Waals surface area contributed by atoms with E-state index in [9.17, 15) is 0 Å². The van der Waals surface area contributed by atoms with Gasteiger partial charge in [0.2, 0.25) is 0 Å². The Bertz CT molecular complexity index is 2830. The first-order chi connectivity index (χ1) is 30.6. The molecule has 6 aromatic carbocycles. The van der Waals surface area contributed by atoms with Crippen molar-refractivity contribution in [1.82, 2.24) is 0 Å². The van der Waals surface area contributed by atoms with Crippen LogP contribution in [0.5, 0.6) is 23.0 Å². The average molecular weight is 966 g/mol. The Hall–Kier alpha value is -4.57. The lowest BCUT2D eigenvalue weighted by atomic mass is 9.80. The summed E-state index contributed by atoms with van der Waals surface area (Å²) in [6.45, 7) is 35.1. The van der Waals surface area contributed by atoms with Crippen molar-refractivity contribution < 1.29 is 26.5 Å². The minimum absolute atomic E-state index is 0.248. The predicted molar refractivity (Wildman–Crippen MR) is 280 cm³/mol. The Morgan fingerprint density at radius 1 is 0.424 bits per heavy atom. The molecule has 66 heavy (non-hydrogen) atoms. The van der Waals surface area contributed by atoms with Crippen LogP contribution < -0.4 is 18.1 Å². The van der Waals surface area contributed by atoms with Gasteiger partial charge in [0.05, 0.1) is 0 Å². The summed E-state index contributed by atoms with van der Waals surface area (Å²) < 4.78 is 42.3. The second-order valence-electron chi connectivity index (χ2n) is 21.7. The molecular formula is C56H64Cl2O6P2. The first-order valence-electron chi connectivity index (χ1n) is 22.5. The fourth-order valence-corrected chi connectivity index (χ4v) is 10.5.